The number of allylic oxidation sites excluding steroid dienone is 2. The summed E-state index contributed by atoms with van der Waals surface area (Å²) in [5, 5.41) is 12.7. The minimum atomic E-state index is -0.402. The SMILES string of the molecule is CC=C(C(c1ccc(Cl)c(C2CCCCC2)c1)c1ccc(CC)cc1C)[N+](=O)[O-]. The minimum absolute atomic E-state index is 0.217. The zero-order valence-electron chi connectivity index (χ0n) is 17.6. The van der Waals surface area contributed by atoms with Crippen LogP contribution >= 0.6 is 11.6 Å². The summed E-state index contributed by atoms with van der Waals surface area (Å²) in [6.45, 7) is 5.92. The van der Waals surface area contributed by atoms with Crippen LogP contribution in [0.3, 0.4) is 0 Å². The van der Waals surface area contributed by atoms with E-state index in [2.05, 4.69) is 31.2 Å². The Balaban J connectivity index is 2.13. The van der Waals surface area contributed by atoms with Crippen LogP contribution in [-0.4, -0.2) is 4.92 Å². The predicted octanol–water partition coefficient (Wildman–Crippen LogP) is 7.57. The maximum absolute atomic E-state index is 11.9. The van der Waals surface area contributed by atoms with E-state index >= 15 is 0 Å². The third kappa shape index (κ3) is 4.72. The molecule has 1 fully saturated rings. The molecule has 0 bridgehead atoms. The van der Waals surface area contributed by atoms with Crippen molar-refractivity contribution in [1.82, 2.24) is 0 Å². The third-order valence-corrected chi connectivity index (χ3v) is 6.60. The standard InChI is InChI=1S/C25H30ClNO2/c1-4-18-11-13-21(17(3)15-18)25(24(5-2)27(28)29)20-12-14-23(26)22(16-20)19-9-7-6-8-10-19/h5,11-16,19,25H,4,6-10H2,1-3H3. The maximum atomic E-state index is 11.9. The van der Waals surface area contributed by atoms with Crippen molar-refractivity contribution in [2.45, 2.75) is 71.1 Å². The highest BCUT2D eigenvalue weighted by Crippen LogP contribution is 2.41. The van der Waals surface area contributed by atoms with Crippen LogP contribution in [0.15, 0.2) is 48.2 Å². The molecule has 0 radical (unpaired) electrons. The third-order valence-electron chi connectivity index (χ3n) is 6.25. The van der Waals surface area contributed by atoms with Gasteiger partial charge in [-0.05, 0) is 79.0 Å². The Morgan fingerprint density at radius 1 is 1.21 bits per heavy atom. The fourth-order valence-corrected chi connectivity index (χ4v) is 4.91. The number of hydrogen-bond acceptors (Lipinski definition) is 2. The Bertz CT molecular complexity index is 913. The van der Waals surface area contributed by atoms with E-state index in [0.717, 1.165) is 46.5 Å². The Morgan fingerprint density at radius 3 is 2.52 bits per heavy atom. The Hall–Kier alpha value is -2.13. The van der Waals surface area contributed by atoms with Crippen LogP contribution in [0.25, 0.3) is 0 Å². The summed E-state index contributed by atoms with van der Waals surface area (Å²) in [7, 11) is 0. The number of aryl methyl sites for hydroxylation is 2. The molecule has 2 aromatic carbocycles. The quantitative estimate of drug-likeness (QED) is 0.363. The molecule has 0 N–H and O–H groups in total. The maximum Gasteiger partial charge on any atom is 0.253 e. The highest BCUT2D eigenvalue weighted by Gasteiger charge is 2.30. The molecular formula is C25H30ClNO2. The second-order valence-electron chi connectivity index (χ2n) is 8.06. The average Bonchev–Trinajstić information content (AvgIpc) is 2.73. The second kappa shape index (κ2) is 9.58. The first-order valence-electron chi connectivity index (χ1n) is 10.7. The number of rotatable bonds is 6. The van der Waals surface area contributed by atoms with Gasteiger partial charge in [-0.2, -0.15) is 0 Å². The molecule has 1 atom stereocenters. The molecule has 1 aliphatic rings. The van der Waals surface area contributed by atoms with Crippen LogP contribution in [-0.2, 0) is 6.42 Å². The Kier molecular flexibility index (Phi) is 7.13. The van der Waals surface area contributed by atoms with Gasteiger partial charge in [-0.15, -0.1) is 0 Å². The monoisotopic (exact) mass is 411 g/mol. The molecular weight excluding hydrogens is 382 g/mol. The number of nitro groups is 1. The lowest BCUT2D eigenvalue weighted by Gasteiger charge is -2.25. The Labute approximate surface area is 178 Å². The molecule has 0 heterocycles. The van der Waals surface area contributed by atoms with Gasteiger partial charge in [0.25, 0.3) is 5.70 Å². The Morgan fingerprint density at radius 2 is 1.93 bits per heavy atom. The lowest BCUT2D eigenvalue weighted by atomic mass is 9.80. The summed E-state index contributed by atoms with van der Waals surface area (Å²) in [5.74, 6) is 0.0468. The lowest BCUT2D eigenvalue weighted by molar-refractivity contribution is -0.429. The summed E-state index contributed by atoms with van der Waals surface area (Å²) in [6.07, 6.45) is 8.59. The lowest BCUT2D eigenvalue weighted by Crippen LogP contribution is -2.14. The number of halogens is 1. The molecule has 2 aromatic rings. The molecule has 3 rings (SSSR count). The number of benzene rings is 2. The van der Waals surface area contributed by atoms with Crippen molar-refractivity contribution in [3.8, 4) is 0 Å². The molecule has 0 saturated heterocycles. The number of nitrogens with zero attached hydrogens (tertiary/aromatic N) is 1. The van der Waals surface area contributed by atoms with Crippen molar-refractivity contribution in [1.29, 1.82) is 0 Å². The molecule has 1 aliphatic carbocycles. The fraction of sp³-hybridized carbons (Fsp3) is 0.440. The molecule has 1 unspecified atom stereocenters. The van der Waals surface area contributed by atoms with Crippen LogP contribution < -0.4 is 0 Å². The van der Waals surface area contributed by atoms with E-state index in [1.807, 2.05) is 19.1 Å². The van der Waals surface area contributed by atoms with Crippen LogP contribution in [0, 0.1) is 17.0 Å². The van der Waals surface area contributed by atoms with Crippen molar-refractivity contribution < 1.29 is 4.92 Å². The predicted molar refractivity (Wildman–Crippen MR) is 120 cm³/mol. The van der Waals surface area contributed by atoms with Crippen molar-refractivity contribution in [2.24, 2.45) is 0 Å². The molecule has 154 valence electrons. The summed E-state index contributed by atoms with van der Waals surface area (Å²) in [4.78, 5) is 11.7. The fourth-order valence-electron chi connectivity index (χ4n) is 4.64. The van der Waals surface area contributed by atoms with Crippen LogP contribution in [0.4, 0.5) is 0 Å². The van der Waals surface area contributed by atoms with E-state index < -0.39 is 5.92 Å². The van der Waals surface area contributed by atoms with E-state index in [-0.39, 0.29) is 10.6 Å². The van der Waals surface area contributed by atoms with Gasteiger partial charge in [0.1, 0.15) is 0 Å². The van der Waals surface area contributed by atoms with Gasteiger partial charge in [0, 0.05) is 5.02 Å². The largest absolute Gasteiger partial charge is 0.259 e. The van der Waals surface area contributed by atoms with Gasteiger partial charge < -0.3 is 0 Å². The second-order valence-corrected chi connectivity index (χ2v) is 8.47. The van der Waals surface area contributed by atoms with E-state index in [4.69, 9.17) is 11.6 Å². The topological polar surface area (TPSA) is 43.1 Å². The van der Waals surface area contributed by atoms with Gasteiger partial charge in [0.15, 0.2) is 0 Å². The molecule has 0 aliphatic heterocycles. The zero-order valence-corrected chi connectivity index (χ0v) is 18.3. The zero-order chi connectivity index (χ0) is 21.0. The first-order chi connectivity index (χ1) is 14.0. The molecule has 1 saturated carbocycles. The van der Waals surface area contributed by atoms with E-state index in [0.29, 0.717) is 5.92 Å². The van der Waals surface area contributed by atoms with Gasteiger partial charge >= 0.3 is 0 Å². The molecule has 4 heteroatoms. The van der Waals surface area contributed by atoms with Crippen LogP contribution in [0.1, 0.15) is 85.6 Å². The number of hydrogen-bond donors (Lipinski definition) is 0. The van der Waals surface area contributed by atoms with Crippen molar-refractivity contribution in [2.75, 3.05) is 0 Å². The van der Waals surface area contributed by atoms with E-state index in [1.54, 1.807) is 13.0 Å². The molecule has 3 nitrogen and oxygen atoms in total. The van der Waals surface area contributed by atoms with Crippen molar-refractivity contribution >= 4 is 11.6 Å². The minimum Gasteiger partial charge on any atom is -0.259 e. The highest BCUT2D eigenvalue weighted by molar-refractivity contribution is 6.31. The van der Waals surface area contributed by atoms with Crippen LogP contribution in [0.5, 0.6) is 0 Å². The van der Waals surface area contributed by atoms with Gasteiger partial charge in [-0.3, -0.25) is 10.1 Å². The van der Waals surface area contributed by atoms with Gasteiger partial charge in [0.2, 0.25) is 0 Å². The van der Waals surface area contributed by atoms with E-state index in [1.165, 1.54) is 24.8 Å². The van der Waals surface area contributed by atoms with Gasteiger partial charge in [-0.25, -0.2) is 0 Å². The summed E-state index contributed by atoms with van der Waals surface area (Å²) >= 11 is 6.58. The smallest absolute Gasteiger partial charge is 0.253 e. The van der Waals surface area contributed by atoms with Crippen molar-refractivity contribution in [3.63, 3.8) is 0 Å². The summed E-state index contributed by atoms with van der Waals surface area (Å²) in [5.41, 5.74) is 5.64. The van der Waals surface area contributed by atoms with Crippen LogP contribution in [0.2, 0.25) is 5.02 Å². The average molecular weight is 412 g/mol. The highest BCUT2D eigenvalue weighted by atomic mass is 35.5. The molecule has 0 amide bonds. The van der Waals surface area contributed by atoms with Gasteiger partial charge in [-0.1, -0.05) is 68.1 Å². The molecule has 0 spiro atoms. The molecule has 29 heavy (non-hydrogen) atoms. The summed E-state index contributed by atoms with van der Waals surface area (Å²) < 4.78 is 0. The first kappa shape index (κ1) is 21.6. The van der Waals surface area contributed by atoms with Gasteiger partial charge in [0.05, 0.1) is 10.8 Å². The van der Waals surface area contributed by atoms with E-state index in [9.17, 15) is 10.1 Å². The first-order valence-corrected chi connectivity index (χ1v) is 11.0. The normalized spacial score (nSPS) is 16.6. The molecule has 0 aromatic heterocycles. The summed E-state index contributed by atoms with van der Waals surface area (Å²) in [6, 6.07) is 12.3. The van der Waals surface area contributed by atoms with Crippen molar-refractivity contribution in [3.05, 3.63) is 91.1 Å².